The highest BCUT2D eigenvalue weighted by Crippen LogP contribution is 2.18. The van der Waals surface area contributed by atoms with Crippen molar-refractivity contribution < 1.29 is 42.9 Å². The minimum absolute atomic E-state index is 0.144. The van der Waals surface area contributed by atoms with E-state index in [1.807, 2.05) is 21.1 Å². The van der Waals surface area contributed by atoms with E-state index in [2.05, 4.69) is 123 Å². The fourth-order valence-electron chi connectivity index (χ4n) is 10.1. The highest BCUT2D eigenvalue weighted by atomic mass is 16.7. The molecular formula is C78H135NO8. The van der Waals surface area contributed by atoms with Crippen LogP contribution in [0.25, 0.3) is 0 Å². The van der Waals surface area contributed by atoms with E-state index >= 15 is 0 Å². The van der Waals surface area contributed by atoms with Crippen molar-refractivity contribution in [3.8, 4) is 0 Å². The van der Waals surface area contributed by atoms with Gasteiger partial charge >= 0.3 is 11.9 Å². The molecule has 0 N–H and O–H groups in total. The Balaban J connectivity index is 4.06. The van der Waals surface area contributed by atoms with Crippen molar-refractivity contribution >= 4 is 17.9 Å². The minimum atomic E-state index is -1.63. The second-order valence-electron chi connectivity index (χ2n) is 25.1. The zero-order valence-corrected chi connectivity index (χ0v) is 57.1. The van der Waals surface area contributed by atoms with Crippen LogP contribution < -0.4 is 5.11 Å². The van der Waals surface area contributed by atoms with Crippen LogP contribution in [0.4, 0.5) is 0 Å². The third kappa shape index (κ3) is 69.3. The number of rotatable bonds is 66. The number of carbonyl (C=O) groups excluding carboxylic acids is 3. The molecule has 0 saturated carbocycles. The number of allylic oxidation sites excluding steroid dienone is 18. The van der Waals surface area contributed by atoms with Crippen LogP contribution in [0.2, 0.25) is 0 Å². The van der Waals surface area contributed by atoms with Gasteiger partial charge in [-0.1, -0.05) is 309 Å². The molecule has 0 aromatic heterocycles. The highest BCUT2D eigenvalue weighted by molar-refractivity contribution is 5.70. The van der Waals surface area contributed by atoms with E-state index in [4.69, 9.17) is 18.9 Å². The minimum Gasteiger partial charge on any atom is -0.545 e. The number of carboxylic acids is 1. The summed E-state index contributed by atoms with van der Waals surface area (Å²) in [5.41, 5.74) is 0. The number of carboxylic acid groups (broad SMARTS) is 1. The van der Waals surface area contributed by atoms with E-state index in [0.717, 1.165) is 103 Å². The molecule has 9 nitrogen and oxygen atoms in total. The molecule has 0 aromatic rings. The van der Waals surface area contributed by atoms with Gasteiger partial charge < -0.3 is 33.3 Å². The summed E-state index contributed by atoms with van der Waals surface area (Å²) in [6.45, 7) is 4.55. The number of nitrogens with zero attached hydrogens (tertiary/aromatic N) is 1. The second-order valence-corrected chi connectivity index (χ2v) is 25.1. The van der Waals surface area contributed by atoms with E-state index in [9.17, 15) is 19.5 Å². The lowest BCUT2D eigenvalue weighted by atomic mass is 10.0. The van der Waals surface area contributed by atoms with E-state index in [1.54, 1.807) is 0 Å². The van der Waals surface area contributed by atoms with Crippen LogP contribution in [0.5, 0.6) is 0 Å². The van der Waals surface area contributed by atoms with Crippen molar-refractivity contribution in [2.75, 3.05) is 47.5 Å². The molecule has 0 saturated heterocycles. The Morgan fingerprint density at radius 2 is 0.621 bits per heavy atom. The van der Waals surface area contributed by atoms with Gasteiger partial charge in [0.25, 0.3) is 0 Å². The Labute approximate surface area is 536 Å². The van der Waals surface area contributed by atoms with Gasteiger partial charge in [-0.25, -0.2) is 0 Å². The van der Waals surface area contributed by atoms with Gasteiger partial charge in [0.15, 0.2) is 12.4 Å². The smallest absolute Gasteiger partial charge is 0.306 e. The van der Waals surface area contributed by atoms with Crippen molar-refractivity contribution in [3.05, 3.63) is 109 Å². The van der Waals surface area contributed by atoms with Gasteiger partial charge in [-0.15, -0.1) is 0 Å². The van der Waals surface area contributed by atoms with Crippen LogP contribution in [0.3, 0.4) is 0 Å². The quantitative estimate of drug-likeness (QED) is 0.0195. The first-order valence-electron chi connectivity index (χ1n) is 36.0. The van der Waals surface area contributed by atoms with Gasteiger partial charge in [-0.2, -0.15) is 0 Å². The van der Waals surface area contributed by atoms with E-state index in [-0.39, 0.29) is 32.2 Å². The maximum absolute atomic E-state index is 12.9. The number of carbonyl (C=O) groups is 3. The van der Waals surface area contributed by atoms with Gasteiger partial charge in [0.1, 0.15) is 13.2 Å². The summed E-state index contributed by atoms with van der Waals surface area (Å²) >= 11 is 0. The molecule has 0 fully saturated rings. The molecular weight excluding hydrogens is 1080 g/mol. The molecule has 87 heavy (non-hydrogen) atoms. The maximum atomic E-state index is 12.9. The van der Waals surface area contributed by atoms with Crippen LogP contribution in [0, 0.1) is 0 Å². The van der Waals surface area contributed by atoms with Crippen LogP contribution in [0.1, 0.15) is 309 Å². The number of hydrogen-bond donors (Lipinski definition) is 0. The number of quaternary nitrogens is 1. The lowest BCUT2D eigenvalue weighted by Gasteiger charge is -2.26. The summed E-state index contributed by atoms with van der Waals surface area (Å²) in [7, 11) is 5.93. The number of esters is 2. The summed E-state index contributed by atoms with van der Waals surface area (Å²) in [6, 6.07) is 0. The third-order valence-corrected chi connectivity index (χ3v) is 15.5. The molecule has 0 bridgehead atoms. The SMILES string of the molecule is CC/C=C\C/C=C\C/C=C\C/C=C\C/C=C\CCCCCCCCCCCCCC(=O)OC(COC(=O)CCCCCCCCCCCCCCCCCCCCCCCC/C=C\C/C=C\C/C=C\C/C=C\CC)COC(OCC[N+](C)(C)C)C(=O)[O-]. The summed E-state index contributed by atoms with van der Waals surface area (Å²) in [5, 5.41) is 11.8. The Kier molecular flexibility index (Phi) is 64.7. The lowest BCUT2D eigenvalue weighted by Crippen LogP contribution is -2.44. The van der Waals surface area contributed by atoms with Crippen molar-refractivity contribution in [2.45, 2.75) is 322 Å². The third-order valence-electron chi connectivity index (χ3n) is 15.5. The molecule has 0 aliphatic carbocycles. The summed E-state index contributed by atoms with van der Waals surface area (Å²) in [6.07, 6.45) is 91.8. The van der Waals surface area contributed by atoms with Crippen molar-refractivity contribution in [3.63, 3.8) is 0 Å². The first kappa shape index (κ1) is 83.0. The summed E-state index contributed by atoms with van der Waals surface area (Å²) < 4.78 is 22.8. The lowest BCUT2D eigenvalue weighted by molar-refractivity contribution is -0.870. The predicted molar refractivity (Wildman–Crippen MR) is 370 cm³/mol. The first-order valence-corrected chi connectivity index (χ1v) is 36.0. The molecule has 9 heteroatoms. The van der Waals surface area contributed by atoms with Crippen LogP contribution in [-0.4, -0.2) is 82.3 Å². The molecule has 0 amide bonds. The molecule has 0 radical (unpaired) electrons. The highest BCUT2D eigenvalue weighted by Gasteiger charge is 2.22. The van der Waals surface area contributed by atoms with Crippen molar-refractivity contribution in [1.29, 1.82) is 0 Å². The number of aliphatic carboxylic acids is 1. The van der Waals surface area contributed by atoms with Gasteiger partial charge in [-0.05, 0) is 96.3 Å². The van der Waals surface area contributed by atoms with Gasteiger partial charge in [0.2, 0.25) is 0 Å². The predicted octanol–water partition coefficient (Wildman–Crippen LogP) is 21.2. The summed E-state index contributed by atoms with van der Waals surface area (Å²) in [4.78, 5) is 37.5. The standard InChI is InChI=1S/C78H135NO8/c1-6-8-10-12-14-16-18-20-22-24-26-28-30-32-34-35-36-37-38-39-40-41-43-44-46-48-50-52-54-56-58-60-62-64-66-68-75(80)85-72-74(73-86-78(77(82)83)84-71-70-79(3,4)5)87-76(81)69-67-65-63-61-59-57-55-53-51-49-47-45-42-33-31-29-27-25-23-21-19-17-15-13-11-9-7-2/h8-11,14-17,20-23,26-29,33,42,74,78H,6-7,12-13,18-19,24-25,30-32,34-41,43-73H2,1-5H3/b10-8-,11-9-,16-14-,17-15-,22-20-,23-21-,28-26-,29-27-,42-33-. The number of hydrogen-bond acceptors (Lipinski definition) is 8. The summed E-state index contributed by atoms with van der Waals surface area (Å²) in [5.74, 6) is -2.28. The van der Waals surface area contributed by atoms with Crippen LogP contribution >= 0.6 is 0 Å². The Morgan fingerprint density at radius 3 is 0.920 bits per heavy atom. The average Bonchev–Trinajstić information content (AvgIpc) is 3.56. The van der Waals surface area contributed by atoms with Crippen molar-refractivity contribution in [1.82, 2.24) is 0 Å². The van der Waals surface area contributed by atoms with Crippen LogP contribution in [-0.2, 0) is 33.3 Å². The normalized spacial score (nSPS) is 13.3. The van der Waals surface area contributed by atoms with E-state index < -0.39 is 24.3 Å². The Bertz CT molecular complexity index is 1800. The zero-order valence-electron chi connectivity index (χ0n) is 57.1. The topological polar surface area (TPSA) is 111 Å². The molecule has 0 aliphatic heterocycles. The first-order chi connectivity index (χ1) is 42.6. The Hall–Kier alpha value is -4.05. The van der Waals surface area contributed by atoms with Gasteiger partial charge in [0.05, 0.1) is 40.3 Å². The molecule has 0 aromatic carbocycles. The number of ether oxygens (including phenoxy) is 4. The van der Waals surface area contributed by atoms with E-state index in [1.165, 1.54) is 173 Å². The number of unbranched alkanes of at least 4 members (excludes halogenated alkanes) is 33. The molecule has 2 atom stereocenters. The molecule has 2 unspecified atom stereocenters. The number of likely N-dealkylation sites (N-methyl/N-ethyl adjacent to an activating group) is 1. The fourth-order valence-corrected chi connectivity index (χ4v) is 10.1. The zero-order chi connectivity index (χ0) is 63.3. The van der Waals surface area contributed by atoms with Gasteiger partial charge in [-0.3, -0.25) is 9.59 Å². The average molecular weight is 1210 g/mol. The van der Waals surface area contributed by atoms with Gasteiger partial charge in [0, 0.05) is 12.8 Å². The largest absolute Gasteiger partial charge is 0.545 e. The molecule has 0 rings (SSSR count). The monoisotopic (exact) mass is 1210 g/mol. The van der Waals surface area contributed by atoms with Crippen molar-refractivity contribution in [2.24, 2.45) is 0 Å². The second kappa shape index (κ2) is 67.9. The van der Waals surface area contributed by atoms with E-state index in [0.29, 0.717) is 23.9 Å². The fraction of sp³-hybridized carbons (Fsp3) is 0.731. The maximum Gasteiger partial charge on any atom is 0.306 e. The van der Waals surface area contributed by atoms with Crippen LogP contribution in [0.15, 0.2) is 109 Å². The molecule has 0 aliphatic rings. The molecule has 500 valence electrons. The molecule has 0 heterocycles. The molecule has 0 spiro atoms. The Morgan fingerprint density at radius 1 is 0.345 bits per heavy atom.